The highest BCUT2D eigenvalue weighted by Gasteiger charge is 2.09. The van der Waals surface area contributed by atoms with Crippen molar-refractivity contribution in [2.45, 2.75) is 6.61 Å². The highest BCUT2D eigenvalue weighted by atomic mass is 79.9. The van der Waals surface area contributed by atoms with Crippen LogP contribution in [0.15, 0.2) is 46.9 Å². The molecule has 22 heavy (non-hydrogen) atoms. The topological polar surface area (TPSA) is 67.8 Å². The second-order valence-corrected chi connectivity index (χ2v) is 5.31. The van der Waals surface area contributed by atoms with Gasteiger partial charge in [-0.2, -0.15) is 0 Å². The Bertz CT molecular complexity index is 660. The van der Waals surface area contributed by atoms with E-state index in [9.17, 15) is 4.79 Å². The number of benzene rings is 2. The van der Waals surface area contributed by atoms with Gasteiger partial charge in [0.2, 0.25) is 0 Å². The average molecular weight is 366 g/mol. The number of amides is 1. The van der Waals surface area contributed by atoms with Gasteiger partial charge in [-0.25, -0.2) is 0 Å². The molecule has 5 nitrogen and oxygen atoms in total. The van der Waals surface area contributed by atoms with E-state index in [2.05, 4.69) is 21.2 Å². The summed E-state index contributed by atoms with van der Waals surface area (Å²) < 4.78 is 11.3. The van der Waals surface area contributed by atoms with Crippen molar-refractivity contribution in [1.82, 2.24) is 0 Å². The van der Waals surface area contributed by atoms with Gasteiger partial charge in [0.1, 0.15) is 11.5 Å². The Morgan fingerprint density at radius 1 is 1.23 bits per heavy atom. The molecule has 0 unspecified atom stereocenters. The quantitative estimate of drug-likeness (QED) is 0.825. The van der Waals surface area contributed by atoms with E-state index < -0.39 is 0 Å². The second-order valence-electron chi connectivity index (χ2n) is 4.46. The Balaban J connectivity index is 1.95. The number of para-hydroxylation sites is 2. The van der Waals surface area contributed by atoms with E-state index in [-0.39, 0.29) is 19.1 Å². The summed E-state index contributed by atoms with van der Waals surface area (Å²) in [6.45, 7) is -0.178. The van der Waals surface area contributed by atoms with Gasteiger partial charge >= 0.3 is 0 Å². The molecule has 2 N–H and O–H groups in total. The van der Waals surface area contributed by atoms with Crippen molar-refractivity contribution >= 4 is 27.5 Å². The molecule has 1 amide bonds. The van der Waals surface area contributed by atoms with Crippen molar-refractivity contribution in [2.75, 3.05) is 19.0 Å². The van der Waals surface area contributed by atoms with Gasteiger partial charge in [-0.3, -0.25) is 4.79 Å². The summed E-state index contributed by atoms with van der Waals surface area (Å²) in [5, 5.41) is 11.8. The van der Waals surface area contributed by atoms with Crippen LogP contribution in [-0.4, -0.2) is 24.7 Å². The number of anilines is 1. The molecular weight excluding hydrogens is 350 g/mol. The first-order valence-corrected chi connectivity index (χ1v) is 7.38. The molecule has 0 atom stereocenters. The molecule has 0 aliphatic rings. The summed E-state index contributed by atoms with van der Waals surface area (Å²) in [5.41, 5.74) is 1.35. The number of hydrogen-bond acceptors (Lipinski definition) is 4. The van der Waals surface area contributed by atoms with Crippen LogP contribution in [0.5, 0.6) is 11.5 Å². The summed E-state index contributed by atoms with van der Waals surface area (Å²) >= 11 is 3.34. The zero-order chi connectivity index (χ0) is 15.9. The molecule has 2 aromatic rings. The predicted octanol–water partition coefficient (Wildman–Crippen LogP) is 2.97. The minimum absolute atomic E-state index is 0.0484. The summed E-state index contributed by atoms with van der Waals surface area (Å²) in [6.07, 6.45) is 0. The van der Waals surface area contributed by atoms with E-state index in [4.69, 9.17) is 14.6 Å². The molecule has 0 fully saturated rings. The molecule has 0 radical (unpaired) electrons. The molecule has 0 aliphatic carbocycles. The molecular formula is C16H16BrNO4. The van der Waals surface area contributed by atoms with Crippen LogP contribution in [0.1, 0.15) is 5.56 Å². The van der Waals surface area contributed by atoms with E-state index in [1.165, 1.54) is 0 Å². The monoisotopic (exact) mass is 365 g/mol. The van der Waals surface area contributed by atoms with Crippen molar-refractivity contribution in [1.29, 1.82) is 0 Å². The van der Waals surface area contributed by atoms with E-state index in [0.717, 1.165) is 5.56 Å². The van der Waals surface area contributed by atoms with Crippen LogP contribution >= 0.6 is 15.9 Å². The fourth-order valence-electron chi connectivity index (χ4n) is 1.84. The number of aliphatic hydroxyl groups is 1. The van der Waals surface area contributed by atoms with Crippen molar-refractivity contribution < 1.29 is 19.4 Å². The third kappa shape index (κ3) is 4.22. The Hall–Kier alpha value is -2.05. The van der Waals surface area contributed by atoms with Gasteiger partial charge in [0, 0.05) is 0 Å². The molecule has 2 aromatic carbocycles. The standard InChI is InChI=1S/C16H16BrNO4/c1-21-15-5-3-2-4-13(15)18-16(20)10-22-14-7-6-11(9-19)8-12(14)17/h2-8,19H,9-10H2,1H3,(H,18,20). The maximum Gasteiger partial charge on any atom is 0.262 e. The van der Waals surface area contributed by atoms with E-state index >= 15 is 0 Å². The number of methoxy groups -OCH3 is 1. The molecule has 116 valence electrons. The zero-order valence-electron chi connectivity index (χ0n) is 12.0. The Morgan fingerprint density at radius 3 is 2.68 bits per heavy atom. The van der Waals surface area contributed by atoms with Gasteiger partial charge in [-0.05, 0) is 45.8 Å². The highest BCUT2D eigenvalue weighted by Crippen LogP contribution is 2.26. The molecule has 0 spiro atoms. The summed E-state index contributed by atoms with van der Waals surface area (Å²) in [6, 6.07) is 12.3. The van der Waals surface area contributed by atoms with Gasteiger partial charge < -0.3 is 19.9 Å². The molecule has 0 aromatic heterocycles. The van der Waals surface area contributed by atoms with Crippen molar-refractivity contribution in [3.05, 3.63) is 52.5 Å². The van der Waals surface area contributed by atoms with Gasteiger partial charge in [0.05, 0.1) is 23.9 Å². The fourth-order valence-corrected chi connectivity index (χ4v) is 2.38. The minimum Gasteiger partial charge on any atom is -0.495 e. The van der Waals surface area contributed by atoms with E-state index in [1.807, 2.05) is 12.1 Å². The average Bonchev–Trinajstić information content (AvgIpc) is 2.54. The van der Waals surface area contributed by atoms with E-state index in [0.29, 0.717) is 21.7 Å². The first-order valence-electron chi connectivity index (χ1n) is 6.59. The number of nitrogens with one attached hydrogen (secondary N) is 1. The first-order chi connectivity index (χ1) is 10.6. The maximum absolute atomic E-state index is 11.9. The van der Waals surface area contributed by atoms with Gasteiger partial charge in [-0.1, -0.05) is 18.2 Å². The number of aliphatic hydroxyl groups excluding tert-OH is 1. The van der Waals surface area contributed by atoms with Gasteiger partial charge in [-0.15, -0.1) is 0 Å². The van der Waals surface area contributed by atoms with Crippen LogP contribution in [0.3, 0.4) is 0 Å². The molecule has 0 saturated heterocycles. The normalized spacial score (nSPS) is 10.1. The Labute approximate surface area is 137 Å². The van der Waals surface area contributed by atoms with Gasteiger partial charge in [0.15, 0.2) is 6.61 Å². The molecule has 6 heteroatoms. The molecule has 0 bridgehead atoms. The molecule has 0 saturated carbocycles. The fraction of sp³-hybridized carbons (Fsp3) is 0.188. The lowest BCUT2D eigenvalue weighted by molar-refractivity contribution is -0.118. The minimum atomic E-state index is -0.289. The number of ether oxygens (including phenoxy) is 2. The number of hydrogen-bond donors (Lipinski definition) is 2. The largest absolute Gasteiger partial charge is 0.495 e. The lowest BCUT2D eigenvalue weighted by Crippen LogP contribution is -2.20. The van der Waals surface area contributed by atoms with Gasteiger partial charge in [0.25, 0.3) is 5.91 Å². The SMILES string of the molecule is COc1ccccc1NC(=O)COc1ccc(CO)cc1Br. The van der Waals surface area contributed by atoms with E-state index in [1.54, 1.807) is 37.4 Å². The van der Waals surface area contributed by atoms with Crippen LogP contribution in [0, 0.1) is 0 Å². The lowest BCUT2D eigenvalue weighted by Gasteiger charge is -2.11. The van der Waals surface area contributed by atoms with Crippen LogP contribution in [0.4, 0.5) is 5.69 Å². The number of rotatable bonds is 6. The van der Waals surface area contributed by atoms with Crippen molar-refractivity contribution in [3.63, 3.8) is 0 Å². The van der Waals surface area contributed by atoms with Crippen LogP contribution in [0.25, 0.3) is 0 Å². The number of halogens is 1. The predicted molar refractivity (Wildman–Crippen MR) is 87.2 cm³/mol. The summed E-state index contributed by atoms with van der Waals surface area (Å²) in [7, 11) is 1.54. The second kappa shape index (κ2) is 7.82. The smallest absolute Gasteiger partial charge is 0.262 e. The highest BCUT2D eigenvalue weighted by molar-refractivity contribution is 9.10. The third-order valence-electron chi connectivity index (χ3n) is 2.92. The lowest BCUT2D eigenvalue weighted by atomic mass is 10.2. The molecule has 0 aliphatic heterocycles. The Kier molecular flexibility index (Phi) is 5.80. The Morgan fingerprint density at radius 2 is 2.00 bits per heavy atom. The summed E-state index contributed by atoms with van der Waals surface area (Å²) in [4.78, 5) is 11.9. The third-order valence-corrected chi connectivity index (χ3v) is 3.54. The van der Waals surface area contributed by atoms with Crippen molar-refractivity contribution in [2.24, 2.45) is 0 Å². The number of carbonyl (C=O) groups is 1. The zero-order valence-corrected chi connectivity index (χ0v) is 13.6. The summed E-state index contributed by atoms with van der Waals surface area (Å²) in [5.74, 6) is 0.833. The first kappa shape index (κ1) is 16.3. The van der Waals surface area contributed by atoms with Crippen LogP contribution < -0.4 is 14.8 Å². The van der Waals surface area contributed by atoms with Crippen LogP contribution in [0.2, 0.25) is 0 Å². The maximum atomic E-state index is 11.9. The van der Waals surface area contributed by atoms with Crippen LogP contribution in [-0.2, 0) is 11.4 Å². The molecule has 2 rings (SSSR count). The van der Waals surface area contributed by atoms with Crippen molar-refractivity contribution in [3.8, 4) is 11.5 Å². The molecule has 0 heterocycles. The number of carbonyl (C=O) groups excluding carboxylic acids is 1.